The molecule has 0 amide bonds. The summed E-state index contributed by atoms with van der Waals surface area (Å²) in [4.78, 5) is 0. The molecule has 0 aliphatic carbocycles. The molecule has 1 aliphatic rings. The van der Waals surface area contributed by atoms with Gasteiger partial charge in [0.05, 0.1) is 6.67 Å². The Hall–Kier alpha value is -0.700. The van der Waals surface area contributed by atoms with Crippen molar-refractivity contribution in [2.24, 2.45) is 0 Å². The van der Waals surface area contributed by atoms with E-state index in [9.17, 15) is 0 Å². The van der Waals surface area contributed by atoms with Crippen molar-refractivity contribution in [2.45, 2.75) is 13.3 Å². The highest BCUT2D eigenvalue weighted by Crippen LogP contribution is 2.05. The molecule has 3 N–H and O–H groups in total. The smallest absolute Gasteiger partial charge is 0.0845 e. The van der Waals surface area contributed by atoms with Gasteiger partial charge in [0, 0.05) is 24.4 Å². The van der Waals surface area contributed by atoms with Crippen molar-refractivity contribution in [3.05, 3.63) is 11.4 Å². The molecule has 0 atom stereocenters. The molecule has 0 saturated carbocycles. The summed E-state index contributed by atoms with van der Waals surface area (Å²) >= 11 is 0. The van der Waals surface area contributed by atoms with Crippen LogP contribution in [0.4, 0.5) is 0 Å². The molecule has 3 nitrogen and oxygen atoms in total. The van der Waals surface area contributed by atoms with E-state index >= 15 is 0 Å². The van der Waals surface area contributed by atoms with Crippen LogP contribution in [0.25, 0.3) is 0 Å². The Labute approximate surface area is 54.8 Å². The van der Waals surface area contributed by atoms with Crippen LogP contribution in [0.5, 0.6) is 0 Å². The first-order valence-electron chi connectivity index (χ1n) is 3.13. The van der Waals surface area contributed by atoms with Gasteiger partial charge in [-0.2, -0.15) is 0 Å². The fourth-order valence-corrected chi connectivity index (χ4v) is 0.910. The van der Waals surface area contributed by atoms with Crippen LogP contribution in [0.15, 0.2) is 11.4 Å². The first-order valence-corrected chi connectivity index (χ1v) is 3.13. The van der Waals surface area contributed by atoms with Crippen LogP contribution < -0.4 is 10.6 Å². The first-order chi connectivity index (χ1) is 4.34. The van der Waals surface area contributed by atoms with Gasteiger partial charge >= 0.3 is 0 Å². The first kappa shape index (κ1) is 6.42. The van der Waals surface area contributed by atoms with Crippen LogP contribution in [0, 0.1) is 0 Å². The molecule has 0 unspecified atom stereocenters. The number of hydrogen-bond acceptors (Lipinski definition) is 3. The molecule has 0 bridgehead atoms. The van der Waals surface area contributed by atoms with Crippen molar-refractivity contribution < 1.29 is 5.11 Å². The third-order valence-corrected chi connectivity index (χ3v) is 1.47. The molecule has 0 aromatic heterocycles. The van der Waals surface area contributed by atoms with Crippen molar-refractivity contribution in [1.29, 1.82) is 0 Å². The Bertz CT molecular complexity index is 131. The highest BCUT2D eigenvalue weighted by Gasteiger charge is 2.06. The molecule has 9 heavy (non-hydrogen) atoms. The zero-order valence-electron chi connectivity index (χ0n) is 5.57. The molecule has 1 rings (SSSR count). The van der Waals surface area contributed by atoms with Gasteiger partial charge in [0.2, 0.25) is 0 Å². The molecule has 0 aromatic carbocycles. The van der Waals surface area contributed by atoms with Crippen LogP contribution in [0.1, 0.15) is 13.3 Å². The summed E-state index contributed by atoms with van der Waals surface area (Å²) in [7, 11) is 0. The lowest BCUT2D eigenvalue weighted by Crippen LogP contribution is -2.15. The van der Waals surface area contributed by atoms with Gasteiger partial charge in [0.25, 0.3) is 0 Å². The van der Waals surface area contributed by atoms with Gasteiger partial charge in [-0.05, 0) is 6.92 Å². The van der Waals surface area contributed by atoms with E-state index in [2.05, 4.69) is 10.6 Å². The topological polar surface area (TPSA) is 44.3 Å². The van der Waals surface area contributed by atoms with Gasteiger partial charge in [-0.15, -0.1) is 0 Å². The van der Waals surface area contributed by atoms with E-state index in [0.29, 0.717) is 0 Å². The number of rotatable bonds is 2. The second-order valence-corrected chi connectivity index (χ2v) is 2.11. The third kappa shape index (κ3) is 1.36. The normalized spacial score (nSPS) is 17.6. The Balaban J connectivity index is 2.45. The summed E-state index contributed by atoms with van der Waals surface area (Å²) < 4.78 is 0. The Morgan fingerprint density at radius 2 is 2.33 bits per heavy atom. The summed E-state index contributed by atoms with van der Waals surface area (Å²) in [6, 6.07) is 0. The zero-order valence-corrected chi connectivity index (χ0v) is 5.57. The number of allylic oxidation sites excluding steroid dienone is 1. The molecule has 1 heterocycles. The Morgan fingerprint density at radius 1 is 1.56 bits per heavy atom. The van der Waals surface area contributed by atoms with Crippen LogP contribution in [0.3, 0.4) is 0 Å². The Kier molecular flexibility index (Phi) is 1.95. The minimum atomic E-state index is 0.224. The maximum absolute atomic E-state index is 8.54. The van der Waals surface area contributed by atoms with E-state index in [-0.39, 0.29) is 6.61 Å². The number of nitrogens with one attached hydrogen (secondary N) is 2. The van der Waals surface area contributed by atoms with E-state index < -0.39 is 0 Å². The lowest BCUT2D eigenvalue weighted by atomic mass is 10.3. The summed E-state index contributed by atoms with van der Waals surface area (Å²) in [5.41, 5.74) is 2.29. The fraction of sp³-hybridized carbons (Fsp3) is 0.667. The molecule has 0 aromatic rings. The van der Waals surface area contributed by atoms with Crippen molar-refractivity contribution in [3.8, 4) is 0 Å². The van der Waals surface area contributed by atoms with Crippen LogP contribution in [0.2, 0.25) is 0 Å². The lowest BCUT2D eigenvalue weighted by Gasteiger charge is -1.98. The number of hydrogen-bond donors (Lipinski definition) is 3. The van der Waals surface area contributed by atoms with E-state index in [1.807, 2.05) is 6.92 Å². The van der Waals surface area contributed by atoms with Gasteiger partial charge in [0.1, 0.15) is 0 Å². The van der Waals surface area contributed by atoms with Crippen LogP contribution >= 0.6 is 0 Å². The van der Waals surface area contributed by atoms with Crippen molar-refractivity contribution in [2.75, 3.05) is 13.3 Å². The molecular weight excluding hydrogens is 116 g/mol. The Morgan fingerprint density at radius 3 is 2.78 bits per heavy atom. The monoisotopic (exact) mass is 128 g/mol. The highest BCUT2D eigenvalue weighted by atomic mass is 16.3. The standard InChI is InChI=1S/C6H12N2O/c1-5-6(2-3-9)8-4-7-5/h7-9H,2-4H2,1H3. The minimum absolute atomic E-state index is 0.224. The average Bonchev–Trinajstić information content (AvgIpc) is 2.18. The van der Waals surface area contributed by atoms with Crippen LogP contribution in [-0.4, -0.2) is 18.4 Å². The quantitative estimate of drug-likeness (QED) is 0.480. The second kappa shape index (κ2) is 2.73. The molecule has 52 valence electrons. The van der Waals surface area contributed by atoms with Crippen LogP contribution in [-0.2, 0) is 0 Å². The molecule has 0 saturated heterocycles. The van der Waals surface area contributed by atoms with Gasteiger partial charge in [-0.25, -0.2) is 0 Å². The van der Waals surface area contributed by atoms with E-state index in [4.69, 9.17) is 5.11 Å². The summed E-state index contributed by atoms with van der Waals surface area (Å²) in [6.45, 7) is 3.04. The van der Waals surface area contributed by atoms with E-state index in [1.54, 1.807) is 0 Å². The minimum Gasteiger partial charge on any atom is -0.396 e. The van der Waals surface area contributed by atoms with Crippen molar-refractivity contribution in [3.63, 3.8) is 0 Å². The molecule has 0 spiro atoms. The maximum atomic E-state index is 8.54. The second-order valence-electron chi connectivity index (χ2n) is 2.11. The van der Waals surface area contributed by atoms with Crippen molar-refractivity contribution in [1.82, 2.24) is 10.6 Å². The third-order valence-electron chi connectivity index (χ3n) is 1.47. The molecular formula is C6H12N2O. The SMILES string of the molecule is CC1=C(CCO)NCN1. The summed E-state index contributed by atoms with van der Waals surface area (Å²) in [5.74, 6) is 0. The van der Waals surface area contributed by atoms with Gasteiger partial charge in [-0.1, -0.05) is 0 Å². The zero-order chi connectivity index (χ0) is 6.69. The summed E-state index contributed by atoms with van der Waals surface area (Å²) in [6.07, 6.45) is 0.735. The fourth-order valence-electron chi connectivity index (χ4n) is 0.910. The van der Waals surface area contributed by atoms with Gasteiger partial charge in [0.15, 0.2) is 0 Å². The average molecular weight is 128 g/mol. The highest BCUT2D eigenvalue weighted by molar-refractivity contribution is 5.12. The molecule has 3 heteroatoms. The van der Waals surface area contributed by atoms with Gasteiger partial charge < -0.3 is 15.7 Å². The predicted molar refractivity (Wildman–Crippen MR) is 35.5 cm³/mol. The molecule has 0 fully saturated rings. The molecule has 1 aliphatic heterocycles. The molecule has 0 radical (unpaired) electrons. The predicted octanol–water partition coefficient (Wildman–Crippen LogP) is -0.249. The largest absolute Gasteiger partial charge is 0.396 e. The van der Waals surface area contributed by atoms with Crippen molar-refractivity contribution >= 4 is 0 Å². The summed E-state index contributed by atoms with van der Waals surface area (Å²) in [5, 5.41) is 14.8. The van der Waals surface area contributed by atoms with Gasteiger partial charge in [-0.3, -0.25) is 0 Å². The number of aliphatic hydroxyl groups excluding tert-OH is 1. The van der Waals surface area contributed by atoms with E-state index in [1.165, 1.54) is 0 Å². The number of aliphatic hydroxyl groups is 1. The van der Waals surface area contributed by atoms with E-state index in [0.717, 1.165) is 24.5 Å². The maximum Gasteiger partial charge on any atom is 0.0845 e. The lowest BCUT2D eigenvalue weighted by molar-refractivity contribution is 0.297.